The summed E-state index contributed by atoms with van der Waals surface area (Å²) in [6.07, 6.45) is 5.27. The van der Waals surface area contributed by atoms with E-state index in [1.54, 1.807) is 0 Å². The smallest absolute Gasteiger partial charge is 0.309 e. The summed E-state index contributed by atoms with van der Waals surface area (Å²) in [4.78, 5) is 40.5. The van der Waals surface area contributed by atoms with Crippen molar-refractivity contribution in [3.8, 4) is 0 Å². The highest BCUT2D eigenvalue weighted by Crippen LogP contribution is 2.77. The fourth-order valence-electron chi connectivity index (χ4n) is 10.0. The quantitative estimate of drug-likeness (QED) is 0.354. The topological polar surface area (TPSA) is 82.1 Å². The van der Waals surface area contributed by atoms with Gasteiger partial charge in [0.1, 0.15) is 12.7 Å². The van der Waals surface area contributed by atoms with Crippen molar-refractivity contribution < 1.29 is 28.6 Å². The second-order valence-electron chi connectivity index (χ2n) is 11.9. The van der Waals surface area contributed by atoms with Gasteiger partial charge in [-0.05, 0) is 62.2 Å². The van der Waals surface area contributed by atoms with Crippen LogP contribution in [0.4, 0.5) is 0 Å². The molecule has 0 aromatic carbocycles. The van der Waals surface area contributed by atoms with Crippen molar-refractivity contribution in [1.29, 1.82) is 0 Å². The van der Waals surface area contributed by atoms with E-state index in [0.717, 1.165) is 45.2 Å². The lowest BCUT2D eigenvalue weighted by Gasteiger charge is -2.67. The van der Waals surface area contributed by atoms with E-state index < -0.39 is 5.41 Å². The van der Waals surface area contributed by atoms with Gasteiger partial charge in [0.15, 0.2) is 0 Å². The van der Waals surface area contributed by atoms with Gasteiger partial charge in [0.2, 0.25) is 0 Å². The molecule has 7 heteroatoms. The number of allylic oxidation sites excluding steroid dienone is 1. The Labute approximate surface area is 201 Å². The molecule has 4 fully saturated rings. The van der Waals surface area contributed by atoms with Gasteiger partial charge in [-0.3, -0.25) is 19.3 Å². The van der Waals surface area contributed by atoms with Crippen LogP contribution in [-0.4, -0.2) is 61.8 Å². The number of methoxy groups -OCH3 is 1. The lowest BCUT2D eigenvalue weighted by atomic mass is 9.42. The molecular formula is C27H37NO6. The summed E-state index contributed by atoms with van der Waals surface area (Å²) in [7, 11) is 1.49. The van der Waals surface area contributed by atoms with Crippen LogP contribution in [-0.2, 0) is 28.6 Å². The molecule has 0 amide bonds. The van der Waals surface area contributed by atoms with Gasteiger partial charge in [-0.2, -0.15) is 0 Å². The maximum atomic E-state index is 13.2. The number of nitrogens with zero attached hydrogens (tertiary/aromatic N) is 1. The van der Waals surface area contributed by atoms with Crippen LogP contribution in [0.15, 0.2) is 11.1 Å². The highest BCUT2D eigenvalue weighted by Gasteiger charge is 2.79. The molecule has 0 radical (unpaired) electrons. The van der Waals surface area contributed by atoms with Crippen LogP contribution in [0, 0.1) is 40.4 Å². The van der Waals surface area contributed by atoms with Crippen LogP contribution in [0.3, 0.4) is 0 Å². The summed E-state index contributed by atoms with van der Waals surface area (Å²) in [6, 6.07) is 0.291. The van der Waals surface area contributed by atoms with Crippen molar-refractivity contribution in [3.05, 3.63) is 11.1 Å². The van der Waals surface area contributed by atoms with Crippen molar-refractivity contribution in [2.24, 2.45) is 40.4 Å². The summed E-state index contributed by atoms with van der Waals surface area (Å²) in [5, 5.41) is 0. The number of carbonyl (C=O) groups excluding carboxylic acids is 3. The number of carbonyl (C=O) groups is 3. The fraction of sp³-hybridized carbons (Fsp3) is 0.815. The summed E-state index contributed by atoms with van der Waals surface area (Å²) < 4.78 is 17.5. The van der Waals surface area contributed by atoms with Gasteiger partial charge in [-0.15, -0.1) is 0 Å². The molecule has 2 aliphatic heterocycles. The van der Waals surface area contributed by atoms with Crippen molar-refractivity contribution >= 4 is 17.9 Å². The lowest BCUT2D eigenvalue weighted by molar-refractivity contribution is -0.239. The highest BCUT2D eigenvalue weighted by molar-refractivity contribution is 5.75. The van der Waals surface area contributed by atoms with Crippen LogP contribution in [0.1, 0.15) is 59.3 Å². The second-order valence-corrected chi connectivity index (χ2v) is 11.9. The van der Waals surface area contributed by atoms with Gasteiger partial charge in [-0.25, -0.2) is 0 Å². The molecule has 9 atom stereocenters. The summed E-state index contributed by atoms with van der Waals surface area (Å²) in [6.45, 7) is 7.53. The van der Waals surface area contributed by atoms with Crippen molar-refractivity contribution in [2.75, 3.05) is 26.8 Å². The Bertz CT molecular complexity index is 974. The van der Waals surface area contributed by atoms with E-state index in [2.05, 4.69) is 11.8 Å². The van der Waals surface area contributed by atoms with Gasteiger partial charge in [0.05, 0.1) is 18.4 Å². The zero-order valence-electron chi connectivity index (χ0n) is 20.8. The van der Waals surface area contributed by atoms with E-state index in [4.69, 9.17) is 14.2 Å². The summed E-state index contributed by atoms with van der Waals surface area (Å²) >= 11 is 0. The number of hydrogen-bond acceptors (Lipinski definition) is 7. The molecule has 2 heterocycles. The minimum absolute atomic E-state index is 0.122. The number of piperidine rings is 1. The minimum atomic E-state index is -0.505. The maximum Gasteiger partial charge on any atom is 0.309 e. The Balaban J connectivity index is 1.62. The Hall–Kier alpha value is -1.89. The number of ether oxygens (including phenoxy) is 3. The zero-order valence-corrected chi connectivity index (χ0v) is 20.8. The van der Waals surface area contributed by atoms with E-state index in [1.165, 1.54) is 32.1 Å². The standard InChI is InChI=1S/C27H37NO6/c1-14-11-28-12-18-7-5-17-6-8-19-21(25(31)32-4)10-26(23(17)19)24(28)20(14)9-22(34-16(3)30)27(18,26)13-33-15(2)29/h14,18-22,24H,5-13H2,1-4H3/t14-,18-,19-,20-,21-,22-,24+,26+,27-/m0/s1. The monoisotopic (exact) mass is 471 g/mol. The first-order valence-electron chi connectivity index (χ1n) is 13.1. The molecule has 1 spiro atoms. The van der Waals surface area contributed by atoms with Crippen molar-refractivity contribution in [2.45, 2.75) is 71.4 Å². The van der Waals surface area contributed by atoms with Gasteiger partial charge in [0.25, 0.3) is 0 Å². The molecule has 6 rings (SSSR count). The molecule has 0 unspecified atom stereocenters. The molecule has 2 saturated carbocycles. The molecule has 0 aromatic rings. The van der Waals surface area contributed by atoms with Crippen LogP contribution in [0.2, 0.25) is 0 Å². The van der Waals surface area contributed by atoms with Gasteiger partial charge < -0.3 is 14.2 Å². The van der Waals surface area contributed by atoms with Crippen LogP contribution >= 0.6 is 0 Å². The number of rotatable bonds is 4. The first-order chi connectivity index (χ1) is 16.2. The predicted molar refractivity (Wildman–Crippen MR) is 122 cm³/mol. The molecule has 34 heavy (non-hydrogen) atoms. The zero-order chi connectivity index (χ0) is 24.0. The molecular weight excluding hydrogens is 434 g/mol. The summed E-state index contributed by atoms with van der Waals surface area (Å²) in [5.74, 6) is 0.432. The summed E-state index contributed by atoms with van der Waals surface area (Å²) in [5.41, 5.74) is 2.15. The Morgan fingerprint density at radius 1 is 1.09 bits per heavy atom. The Kier molecular flexibility index (Phi) is 5.01. The van der Waals surface area contributed by atoms with Crippen molar-refractivity contribution in [1.82, 2.24) is 4.90 Å². The number of hydrogen-bond donors (Lipinski definition) is 0. The molecule has 186 valence electrons. The van der Waals surface area contributed by atoms with E-state index in [0.29, 0.717) is 24.3 Å². The van der Waals surface area contributed by atoms with E-state index >= 15 is 0 Å². The van der Waals surface area contributed by atoms with E-state index in [9.17, 15) is 14.4 Å². The molecule has 2 saturated heterocycles. The SMILES string of the molecule is COC(=O)[C@H]1C[C@]23C4=C(CC[C@H]5CN6C[C@H](C)[C@H](C[C@H](OC(C)=O)[C@]52COC(C)=O)[C@@H]63)CC[C@H]41. The third kappa shape index (κ3) is 2.65. The molecule has 6 aliphatic rings. The molecule has 0 aromatic heterocycles. The number of esters is 3. The van der Waals surface area contributed by atoms with Crippen molar-refractivity contribution in [3.63, 3.8) is 0 Å². The van der Waals surface area contributed by atoms with Crippen LogP contribution in [0.5, 0.6) is 0 Å². The van der Waals surface area contributed by atoms with Crippen LogP contribution < -0.4 is 0 Å². The minimum Gasteiger partial charge on any atom is -0.469 e. The lowest BCUT2D eigenvalue weighted by Crippen LogP contribution is -2.73. The molecule has 0 N–H and O–H groups in total. The fourth-order valence-corrected chi connectivity index (χ4v) is 10.0. The molecule has 7 nitrogen and oxygen atoms in total. The Morgan fingerprint density at radius 3 is 2.56 bits per heavy atom. The average Bonchev–Trinajstić information content (AvgIpc) is 3.42. The van der Waals surface area contributed by atoms with E-state index in [1.807, 2.05) is 0 Å². The van der Waals surface area contributed by atoms with Gasteiger partial charge in [-0.1, -0.05) is 18.1 Å². The van der Waals surface area contributed by atoms with Crippen LogP contribution in [0.25, 0.3) is 0 Å². The first kappa shape index (κ1) is 22.6. The van der Waals surface area contributed by atoms with Gasteiger partial charge in [0, 0.05) is 38.4 Å². The molecule has 4 aliphatic carbocycles. The van der Waals surface area contributed by atoms with E-state index in [-0.39, 0.29) is 53.8 Å². The largest absolute Gasteiger partial charge is 0.469 e. The average molecular weight is 472 g/mol. The Morgan fingerprint density at radius 2 is 1.85 bits per heavy atom. The van der Waals surface area contributed by atoms with Gasteiger partial charge >= 0.3 is 17.9 Å². The first-order valence-corrected chi connectivity index (χ1v) is 13.1. The second kappa shape index (κ2) is 7.55. The maximum absolute atomic E-state index is 13.2. The normalized spacial score (nSPS) is 46.1. The molecule has 4 bridgehead atoms. The predicted octanol–water partition coefficient (Wildman–Crippen LogP) is 3.12. The third-order valence-electron chi connectivity index (χ3n) is 10.8. The third-order valence-corrected chi connectivity index (χ3v) is 10.8. The highest BCUT2D eigenvalue weighted by atomic mass is 16.6.